The highest BCUT2D eigenvalue weighted by molar-refractivity contribution is 7.92. The number of rotatable bonds is 8. The Bertz CT molecular complexity index is 1240. The second-order valence-electron chi connectivity index (χ2n) is 8.75. The summed E-state index contributed by atoms with van der Waals surface area (Å²) in [6, 6.07) is 22.6. The molecule has 0 saturated carbocycles. The Morgan fingerprint density at radius 1 is 0.914 bits per heavy atom. The zero-order valence-corrected chi connectivity index (χ0v) is 20.9. The standard InChI is InChI=1S/C27H31N3O4S/c1-21-3-5-23(6-4-21)20-30(35(2,32)33)26-13-9-24(10-14-26)27(31)28-19-22-7-11-25(12-8-22)29-15-17-34-18-16-29/h3-14H,15-20H2,1-2H3,(H,28,31). The van der Waals surface area contributed by atoms with Gasteiger partial charge in [-0.15, -0.1) is 0 Å². The molecule has 0 atom stereocenters. The lowest BCUT2D eigenvalue weighted by molar-refractivity contribution is 0.0951. The summed E-state index contributed by atoms with van der Waals surface area (Å²) < 4.78 is 31.6. The second kappa shape index (κ2) is 10.9. The molecule has 0 radical (unpaired) electrons. The fraction of sp³-hybridized carbons (Fsp3) is 0.296. The maximum atomic E-state index is 12.7. The number of carbonyl (C=O) groups is 1. The molecule has 3 aromatic rings. The van der Waals surface area contributed by atoms with Gasteiger partial charge in [-0.1, -0.05) is 42.0 Å². The Morgan fingerprint density at radius 2 is 1.51 bits per heavy atom. The van der Waals surface area contributed by atoms with Gasteiger partial charge in [-0.25, -0.2) is 8.42 Å². The van der Waals surface area contributed by atoms with Crippen molar-refractivity contribution in [1.29, 1.82) is 0 Å². The van der Waals surface area contributed by atoms with Gasteiger partial charge in [-0.2, -0.15) is 0 Å². The third kappa shape index (κ3) is 6.61. The van der Waals surface area contributed by atoms with Crippen molar-refractivity contribution in [2.45, 2.75) is 20.0 Å². The molecule has 8 heteroatoms. The first kappa shape index (κ1) is 24.8. The Morgan fingerprint density at radius 3 is 2.11 bits per heavy atom. The highest BCUT2D eigenvalue weighted by atomic mass is 32.2. The van der Waals surface area contributed by atoms with Gasteiger partial charge in [-0.3, -0.25) is 9.10 Å². The molecule has 0 bridgehead atoms. The zero-order valence-electron chi connectivity index (χ0n) is 20.1. The SMILES string of the molecule is Cc1ccc(CN(c2ccc(C(=O)NCc3ccc(N4CCOCC4)cc3)cc2)S(C)(=O)=O)cc1. The van der Waals surface area contributed by atoms with Crippen LogP contribution in [-0.2, 0) is 27.8 Å². The highest BCUT2D eigenvalue weighted by Crippen LogP contribution is 2.22. The zero-order chi connectivity index (χ0) is 24.8. The minimum absolute atomic E-state index is 0.210. The number of hydrogen-bond donors (Lipinski definition) is 1. The van der Waals surface area contributed by atoms with Gasteiger partial charge in [0.15, 0.2) is 0 Å². The average Bonchev–Trinajstić information content (AvgIpc) is 2.87. The number of sulfonamides is 1. The summed E-state index contributed by atoms with van der Waals surface area (Å²) in [5.41, 5.74) is 5.16. The van der Waals surface area contributed by atoms with Crippen LogP contribution in [-0.4, -0.2) is 46.9 Å². The maximum absolute atomic E-state index is 12.7. The smallest absolute Gasteiger partial charge is 0.251 e. The molecule has 0 unspecified atom stereocenters. The first-order valence-electron chi connectivity index (χ1n) is 11.6. The van der Waals surface area contributed by atoms with Crippen molar-refractivity contribution in [3.8, 4) is 0 Å². The van der Waals surface area contributed by atoms with Gasteiger partial charge in [0, 0.05) is 30.9 Å². The van der Waals surface area contributed by atoms with E-state index in [0.717, 1.165) is 48.7 Å². The highest BCUT2D eigenvalue weighted by Gasteiger charge is 2.18. The molecule has 1 heterocycles. The third-order valence-corrected chi connectivity index (χ3v) is 7.17. The van der Waals surface area contributed by atoms with Crippen LogP contribution < -0.4 is 14.5 Å². The lowest BCUT2D eigenvalue weighted by Gasteiger charge is -2.28. The largest absolute Gasteiger partial charge is 0.378 e. The van der Waals surface area contributed by atoms with Gasteiger partial charge in [-0.05, 0) is 54.4 Å². The van der Waals surface area contributed by atoms with Gasteiger partial charge in [0.1, 0.15) is 0 Å². The van der Waals surface area contributed by atoms with Crippen LogP contribution in [0.2, 0.25) is 0 Å². The van der Waals surface area contributed by atoms with E-state index in [2.05, 4.69) is 22.3 Å². The number of hydrogen-bond acceptors (Lipinski definition) is 5. The van der Waals surface area contributed by atoms with Gasteiger partial charge in [0.05, 0.1) is 31.7 Å². The minimum atomic E-state index is -3.50. The topological polar surface area (TPSA) is 79.0 Å². The van der Waals surface area contributed by atoms with Crippen LogP contribution in [0, 0.1) is 6.92 Å². The molecule has 0 aromatic heterocycles. The van der Waals surface area contributed by atoms with Crippen LogP contribution in [0.1, 0.15) is 27.0 Å². The van der Waals surface area contributed by atoms with Gasteiger partial charge < -0.3 is 15.0 Å². The van der Waals surface area contributed by atoms with Crippen LogP contribution >= 0.6 is 0 Å². The van der Waals surface area contributed by atoms with Crippen molar-refractivity contribution in [3.63, 3.8) is 0 Å². The summed E-state index contributed by atoms with van der Waals surface area (Å²) in [6.07, 6.45) is 1.19. The monoisotopic (exact) mass is 493 g/mol. The normalized spacial score (nSPS) is 13.9. The molecular formula is C27H31N3O4S. The summed E-state index contributed by atoms with van der Waals surface area (Å²) in [6.45, 7) is 5.87. The molecule has 1 aliphatic heterocycles. The van der Waals surface area contributed by atoms with E-state index in [-0.39, 0.29) is 12.5 Å². The molecule has 1 aliphatic rings. The van der Waals surface area contributed by atoms with Crippen molar-refractivity contribution in [2.75, 3.05) is 41.8 Å². The molecule has 1 amide bonds. The molecule has 3 aromatic carbocycles. The van der Waals surface area contributed by atoms with Gasteiger partial charge >= 0.3 is 0 Å². The van der Waals surface area contributed by atoms with E-state index in [1.165, 1.54) is 10.6 Å². The van der Waals surface area contributed by atoms with Gasteiger partial charge in [0.2, 0.25) is 10.0 Å². The summed E-state index contributed by atoms with van der Waals surface area (Å²) in [5, 5.41) is 2.93. The van der Waals surface area contributed by atoms with Crippen molar-refractivity contribution in [1.82, 2.24) is 5.32 Å². The van der Waals surface area contributed by atoms with Crippen LogP contribution in [0.25, 0.3) is 0 Å². The summed E-state index contributed by atoms with van der Waals surface area (Å²) in [5.74, 6) is -0.210. The van der Waals surface area contributed by atoms with E-state index in [1.807, 2.05) is 43.3 Å². The molecule has 0 spiro atoms. The fourth-order valence-electron chi connectivity index (χ4n) is 3.97. The number of amides is 1. The predicted molar refractivity (Wildman–Crippen MR) is 139 cm³/mol. The van der Waals surface area contributed by atoms with Gasteiger partial charge in [0.25, 0.3) is 5.91 Å². The van der Waals surface area contributed by atoms with Crippen LogP contribution in [0.5, 0.6) is 0 Å². The van der Waals surface area contributed by atoms with E-state index in [1.54, 1.807) is 24.3 Å². The number of nitrogens with one attached hydrogen (secondary N) is 1. The molecular weight excluding hydrogens is 462 g/mol. The van der Waals surface area contributed by atoms with Crippen molar-refractivity contribution in [3.05, 3.63) is 95.1 Å². The summed E-state index contributed by atoms with van der Waals surface area (Å²) in [7, 11) is -3.50. The van der Waals surface area contributed by atoms with E-state index in [0.29, 0.717) is 17.8 Å². The number of morpholine rings is 1. The summed E-state index contributed by atoms with van der Waals surface area (Å²) >= 11 is 0. The first-order valence-corrected chi connectivity index (χ1v) is 13.5. The lowest BCUT2D eigenvalue weighted by atomic mass is 10.1. The predicted octanol–water partition coefficient (Wildman–Crippen LogP) is 3.73. The third-order valence-electron chi connectivity index (χ3n) is 6.03. The van der Waals surface area contributed by atoms with E-state index in [4.69, 9.17) is 4.74 Å². The van der Waals surface area contributed by atoms with Crippen LogP contribution in [0.15, 0.2) is 72.8 Å². The summed E-state index contributed by atoms with van der Waals surface area (Å²) in [4.78, 5) is 15.0. The number of nitrogens with zero attached hydrogens (tertiary/aromatic N) is 2. The fourth-order valence-corrected chi connectivity index (χ4v) is 4.86. The maximum Gasteiger partial charge on any atom is 0.251 e. The van der Waals surface area contributed by atoms with E-state index >= 15 is 0 Å². The Kier molecular flexibility index (Phi) is 7.73. The molecule has 0 aliphatic carbocycles. The number of anilines is 2. The molecule has 1 saturated heterocycles. The quantitative estimate of drug-likeness (QED) is 0.517. The van der Waals surface area contributed by atoms with E-state index in [9.17, 15) is 13.2 Å². The minimum Gasteiger partial charge on any atom is -0.378 e. The number of aryl methyl sites for hydroxylation is 1. The molecule has 184 valence electrons. The van der Waals surface area contributed by atoms with E-state index < -0.39 is 10.0 Å². The number of ether oxygens (including phenoxy) is 1. The van der Waals surface area contributed by atoms with Crippen molar-refractivity contribution in [2.24, 2.45) is 0 Å². The molecule has 7 nitrogen and oxygen atoms in total. The number of benzene rings is 3. The molecule has 35 heavy (non-hydrogen) atoms. The Balaban J connectivity index is 1.38. The lowest BCUT2D eigenvalue weighted by Crippen LogP contribution is -2.36. The molecule has 4 rings (SSSR count). The van der Waals surface area contributed by atoms with Crippen molar-refractivity contribution >= 4 is 27.3 Å². The first-order chi connectivity index (χ1) is 16.8. The van der Waals surface area contributed by atoms with Crippen molar-refractivity contribution < 1.29 is 17.9 Å². The second-order valence-corrected chi connectivity index (χ2v) is 10.7. The molecule has 1 N–H and O–H groups in total. The van der Waals surface area contributed by atoms with Crippen LogP contribution in [0.4, 0.5) is 11.4 Å². The molecule has 1 fully saturated rings. The van der Waals surface area contributed by atoms with Crippen LogP contribution in [0.3, 0.4) is 0 Å². The average molecular weight is 494 g/mol. The Hall–Kier alpha value is -3.36. The Labute approximate surface area is 207 Å². The number of carbonyl (C=O) groups excluding carboxylic acids is 1.